The van der Waals surface area contributed by atoms with E-state index in [2.05, 4.69) is 29.6 Å². The Bertz CT molecular complexity index is 1090. The van der Waals surface area contributed by atoms with Gasteiger partial charge in [0.1, 0.15) is 12.6 Å². The van der Waals surface area contributed by atoms with Crippen LogP contribution in [0.15, 0.2) is 48.5 Å². The predicted octanol–water partition coefficient (Wildman–Crippen LogP) is 3.39. The number of carboxylic acid groups (broad SMARTS) is 1. The van der Waals surface area contributed by atoms with Crippen LogP contribution in [0.3, 0.4) is 0 Å². The molecule has 184 valence electrons. The minimum Gasteiger partial charge on any atom is -0.480 e. The second-order valence-electron chi connectivity index (χ2n) is 9.67. The molecule has 3 aliphatic rings. The molecule has 2 aromatic carbocycles. The number of nitrogens with one attached hydrogen (secondary N) is 1. The Kier molecular flexibility index (Phi) is 6.47. The number of rotatable bonds is 7. The number of hydrogen-bond donors (Lipinski definition) is 2. The fraction of sp³-hybridized carbons (Fsp3) is 0.444. The van der Waals surface area contributed by atoms with Crippen molar-refractivity contribution < 1.29 is 29.0 Å². The van der Waals surface area contributed by atoms with Gasteiger partial charge < -0.3 is 24.8 Å². The first-order valence-electron chi connectivity index (χ1n) is 12.2. The molecule has 2 heterocycles. The smallest absolute Gasteiger partial charge is 0.407 e. The Hall–Kier alpha value is -3.39. The monoisotopic (exact) mass is 478 g/mol. The maximum absolute atomic E-state index is 13.0. The summed E-state index contributed by atoms with van der Waals surface area (Å²) in [5, 5.41) is 12.3. The predicted molar refractivity (Wildman–Crippen MR) is 128 cm³/mol. The molecule has 4 atom stereocenters. The van der Waals surface area contributed by atoms with E-state index in [0.29, 0.717) is 19.4 Å². The highest BCUT2D eigenvalue weighted by Crippen LogP contribution is 2.44. The average molecular weight is 479 g/mol. The van der Waals surface area contributed by atoms with Crippen molar-refractivity contribution in [3.05, 3.63) is 59.7 Å². The molecule has 35 heavy (non-hydrogen) atoms. The zero-order valence-electron chi connectivity index (χ0n) is 19.7. The summed E-state index contributed by atoms with van der Waals surface area (Å²) < 4.78 is 11.2. The lowest BCUT2D eigenvalue weighted by molar-refractivity contribution is -0.150. The third-order valence-electron chi connectivity index (χ3n) is 7.36. The van der Waals surface area contributed by atoms with Crippen LogP contribution in [0.5, 0.6) is 0 Å². The minimum absolute atomic E-state index is 0.0168. The summed E-state index contributed by atoms with van der Waals surface area (Å²) in [5.41, 5.74) is 4.63. The highest BCUT2D eigenvalue weighted by atomic mass is 16.5. The SMILES string of the molecule is CC(CNC(=O)OCC1c2ccccc2-c2ccccc21)CC(=O)N1C(C(=O)O)C[C@@H]2OCC[C@@H]21. The van der Waals surface area contributed by atoms with Crippen molar-refractivity contribution in [2.24, 2.45) is 5.92 Å². The Morgan fingerprint density at radius 3 is 2.43 bits per heavy atom. The lowest BCUT2D eigenvalue weighted by Crippen LogP contribution is -2.46. The van der Waals surface area contributed by atoms with Gasteiger partial charge in [0.2, 0.25) is 5.91 Å². The molecule has 0 bridgehead atoms. The van der Waals surface area contributed by atoms with Crippen LogP contribution in [0.2, 0.25) is 0 Å². The molecule has 8 heteroatoms. The van der Waals surface area contributed by atoms with Gasteiger partial charge in [0.25, 0.3) is 0 Å². The first-order chi connectivity index (χ1) is 16.9. The van der Waals surface area contributed by atoms with Crippen LogP contribution in [0.25, 0.3) is 11.1 Å². The van der Waals surface area contributed by atoms with Gasteiger partial charge in [0.15, 0.2) is 0 Å². The molecule has 2 aliphatic heterocycles. The highest BCUT2D eigenvalue weighted by molar-refractivity contribution is 5.85. The van der Waals surface area contributed by atoms with Crippen LogP contribution in [0.1, 0.15) is 43.2 Å². The van der Waals surface area contributed by atoms with E-state index in [-0.39, 0.29) is 49.5 Å². The summed E-state index contributed by atoms with van der Waals surface area (Å²) in [4.78, 5) is 38.5. The van der Waals surface area contributed by atoms with Gasteiger partial charge in [-0.2, -0.15) is 0 Å². The van der Waals surface area contributed by atoms with E-state index in [1.807, 2.05) is 31.2 Å². The van der Waals surface area contributed by atoms with Crippen molar-refractivity contribution in [2.75, 3.05) is 19.8 Å². The second-order valence-corrected chi connectivity index (χ2v) is 9.67. The number of hydrogen-bond acceptors (Lipinski definition) is 5. The average Bonchev–Trinajstić information content (AvgIpc) is 3.53. The zero-order valence-corrected chi connectivity index (χ0v) is 19.7. The molecule has 0 saturated carbocycles. The van der Waals surface area contributed by atoms with Gasteiger partial charge in [0, 0.05) is 31.9 Å². The van der Waals surface area contributed by atoms with Gasteiger partial charge in [-0.05, 0) is 34.6 Å². The van der Waals surface area contributed by atoms with Crippen molar-refractivity contribution in [1.29, 1.82) is 0 Å². The number of carbonyl (C=O) groups is 3. The van der Waals surface area contributed by atoms with Gasteiger partial charge >= 0.3 is 12.1 Å². The van der Waals surface area contributed by atoms with Crippen molar-refractivity contribution in [2.45, 2.75) is 50.3 Å². The summed E-state index contributed by atoms with van der Waals surface area (Å²) >= 11 is 0. The quantitative estimate of drug-likeness (QED) is 0.632. The van der Waals surface area contributed by atoms with Crippen molar-refractivity contribution >= 4 is 18.0 Å². The molecule has 1 aliphatic carbocycles. The van der Waals surface area contributed by atoms with Crippen molar-refractivity contribution in [1.82, 2.24) is 10.2 Å². The van der Waals surface area contributed by atoms with E-state index in [0.717, 1.165) is 11.1 Å². The summed E-state index contributed by atoms with van der Waals surface area (Å²) in [6, 6.07) is 15.3. The molecule has 0 radical (unpaired) electrons. The summed E-state index contributed by atoms with van der Waals surface area (Å²) in [7, 11) is 0. The molecule has 2 unspecified atom stereocenters. The number of aliphatic carboxylic acids is 1. The fourth-order valence-electron chi connectivity index (χ4n) is 5.71. The third-order valence-corrected chi connectivity index (χ3v) is 7.36. The van der Waals surface area contributed by atoms with E-state index in [4.69, 9.17) is 9.47 Å². The molecule has 2 saturated heterocycles. The van der Waals surface area contributed by atoms with E-state index >= 15 is 0 Å². The third kappa shape index (κ3) is 4.50. The highest BCUT2D eigenvalue weighted by Gasteiger charge is 2.49. The fourth-order valence-corrected chi connectivity index (χ4v) is 5.71. The molecule has 2 fully saturated rings. The normalized spacial score (nSPS) is 23.3. The topological polar surface area (TPSA) is 105 Å². The first-order valence-corrected chi connectivity index (χ1v) is 12.2. The van der Waals surface area contributed by atoms with Gasteiger partial charge in [-0.3, -0.25) is 4.79 Å². The van der Waals surface area contributed by atoms with E-state index in [1.165, 1.54) is 16.0 Å². The first kappa shape index (κ1) is 23.4. The zero-order chi connectivity index (χ0) is 24.5. The van der Waals surface area contributed by atoms with Crippen LogP contribution in [0.4, 0.5) is 4.79 Å². The van der Waals surface area contributed by atoms with E-state index < -0.39 is 18.1 Å². The number of fused-ring (bicyclic) bond motifs is 4. The number of likely N-dealkylation sites (tertiary alicyclic amines) is 1. The molecular formula is C27H30N2O6. The lowest BCUT2D eigenvalue weighted by atomic mass is 9.98. The van der Waals surface area contributed by atoms with Gasteiger partial charge in [-0.15, -0.1) is 0 Å². The summed E-state index contributed by atoms with van der Waals surface area (Å²) in [6.07, 6.45) is 0.413. The van der Waals surface area contributed by atoms with Gasteiger partial charge in [-0.25, -0.2) is 9.59 Å². The molecule has 5 rings (SSSR count). The standard InChI is InChI=1S/C27H30N2O6/c1-16(12-25(30)29-22-10-11-34-24(22)13-23(29)26(31)32)14-28-27(33)35-15-21-19-8-4-2-6-17(19)18-7-3-5-9-20(18)21/h2-9,16,21-24H,10-15H2,1H3,(H,28,33)(H,31,32)/t16?,22-,23?,24-/m0/s1. The van der Waals surface area contributed by atoms with Crippen molar-refractivity contribution in [3.8, 4) is 11.1 Å². The number of nitrogens with zero attached hydrogens (tertiary/aromatic N) is 1. The molecule has 2 N–H and O–H groups in total. The number of alkyl carbamates (subject to hydrolysis) is 1. The maximum Gasteiger partial charge on any atom is 0.407 e. The van der Waals surface area contributed by atoms with E-state index in [1.54, 1.807) is 0 Å². The van der Waals surface area contributed by atoms with Crippen LogP contribution in [-0.2, 0) is 19.1 Å². The molecule has 0 aromatic heterocycles. The molecule has 8 nitrogen and oxygen atoms in total. The van der Waals surface area contributed by atoms with Crippen LogP contribution in [-0.4, -0.2) is 65.9 Å². The number of ether oxygens (including phenoxy) is 2. The summed E-state index contributed by atoms with van der Waals surface area (Å²) in [5.74, 6) is -1.39. The Morgan fingerprint density at radius 2 is 1.77 bits per heavy atom. The van der Waals surface area contributed by atoms with Gasteiger partial charge in [-0.1, -0.05) is 55.5 Å². The van der Waals surface area contributed by atoms with Crippen LogP contribution in [0, 0.1) is 5.92 Å². The number of carboxylic acids is 1. The van der Waals surface area contributed by atoms with Crippen LogP contribution < -0.4 is 5.32 Å². The van der Waals surface area contributed by atoms with Crippen molar-refractivity contribution in [3.63, 3.8) is 0 Å². The number of benzene rings is 2. The second kappa shape index (κ2) is 9.70. The number of amides is 2. The molecule has 0 spiro atoms. The minimum atomic E-state index is -0.999. The Balaban J connectivity index is 1.13. The molecule has 2 amide bonds. The maximum atomic E-state index is 13.0. The molecule has 2 aromatic rings. The summed E-state index contributed by atoms with van der Waals surface area (Å²) in [6.45, 7) is 2.89. The largest absolute Gasteiger partial charge is 0.480 e. The number of carbonyl (C=O) groups excluding carboxylic acids is 2. The van der Waals surface area contributed by atoms with Crippen LogP contribution >= 0.6 is 0 Å². The van der Waals surface area contributed by atoms with Gasteiger partial charge in [0.05, 0.1) is 12.1 Å². The molecular weight excluding hydrogens is 448 g/mol. The van der Waals surface area contributed by atoms with E-state index in [9.17, 15) is 19.5 Å². The Labute approximate surface area is 204 Å². The Morgan fingerprint density at radius 1 is 1.11 bits per heavy atom. The lowest BCUT2D eigenvalue weighted by Gasteiger charge is -2.28.